The largest absolute Gasteiger partial charge is 0.444 e. The highest BCUT2D eigenvalue weighted by atomic mass is 16.6. The molecule has 14 heteroatoms. The number of nitrogens with one attached hydrogen (secondary N) is 3. The van der Waals surface area contributed by atoms with Gasteiger partial charge in [-0.3, -0.25) is 13.9 Å². The van der Waals surface area contributed by atoms with Crippen LogP contribution in [0.5, 0.6) is 0 Å². The molecule has 3 N–H and O–H groups in total. The van der Waals surface area contributed by atoms with Gasteiger partial charge >= 0.3 is 6.09 Å². The van der Waals surface area contributed by atoms with Gasteiger partial charge in [0, 0.05) is 42.9 Å². The van der Waals surface area contributed by atoms with E-state index < -0.39 is 11.7 Å². The zero-order valence-corrected chi connectivity index (χ0v) is 25.0. The average molecular weight is 599 g/mol. The fraction of sp³-hybridized carbons (Fsp3) is 0.367. The van der Waals surface area contributed by atoms with Crippen LogP contribution in [0.25, 0.3) is 16.9 Å². The molecule has 0 fully saturated rings. The fourth-order valence-electron chi connectivity index (χ4n) is 4.35. The normalized spacial score (nSPS) is 11.0. The summed E-state index contributed by atoms with van der Waals surface area (Å²) < 4.78 is 13.9. The summed E-state index contributed by atoms with van der Waals surface area (Å²) in [5.41, 5.74) is 3.47. The molecule has 0 radical (unpaired) electrons. The number of imidazole rings is 1. The maximum absolute atomic E-state index is 12.9. The highest BCUT2D eigenvalue weighted by Crippen LogP contribution is 2.28. The molecule has 0 unspecified atom stereocenters. The minimum absolute atomic E-state index is 0.0242. The molecule has 3 aromatic heterocycles. The van der Waals surface area contributed by atoms with E-state index in [0.717, 1.165) is 11.3 Å². The maximum atomic E-state index is 12.9. The number of nitriles is 2. The minimum atomic E-state index is -0.563. The Balaban J connectivity index is 1.36. The summed E-state index contributed by atoms with van der Waals surface area (Å²) in [4.78, 5) is 33.5. The van der Waals surface area contributed by atoms with Gasteiger partial charge in [0.2, 0.25) is 0 Å². The smallest absolute Gasteiger partial charge is 0.407 e. The number of amides is 2. The molecular formula is C30H34N10O4. The highest BCUT2D eigenvalue weighted by molar-refractivity contribution is 5.96. The zero-order chi connectivity index (χ0) is 31.7. The van der Waals surface area contributed by atoms with Crippen molar-refractivity contribution in [3.63, 3.8) is 0 Å². The van der Waals surface area contributed by atoms with Gasteiger partial charge in [0.1, 0.15) is 18.2 Å². The van der Waals surface area contributed by atoms with E-state index in [9.17, 15) is 14.9 Å². The first-order valence-electron chi connectivity index (χ1n) is 14.0. The van der Waals surface area contributed by atoms with Crippen LogP contribution in [-0.2, 0) is 22.4 Å². The molecule has 14 nitrogen and oxygen atoms in total. The average Bonchev–Trinajstić information content (AvgIpc) is 3.60. The van der Waals surface area contributed by atoms with E-state index >= 15 is 0 Å². The first kappa shape index (κ1) is 31.5. The quantitative estimate of drug-likeness (QED) is 0.204. The second kappa shape index (κ2) is 14.1. The number of carbonyl (C=O) groups is 2. The van der Waals surface area contributed by atoms with Gasteiger partial charge in [0.05, 0.1) is 36.7 Å². The Bertz CT molecular complexity index is 1720. The van der Waals surface area contributed by atoms with Gasteiger partial charge in [0.15, 0.2) is 17.2 Å². The molecule has 3 heterocycles. The lowest BCUT2D eigenvalue weighted by Crippen LogP contribution is -2.34. The minimum Gasteiger partial charge on any atom is -0.444 e. The summed E-state index contributed by atoms with van der Waals surface area (Å²) >= 11 is 0. The monoisotopic (exact) mass is 598 g/mol. The van der Waals surface area contributed by atoms with E-state index in [4.69, 9.17) is 14.7 Å². The van der Waals surface area contributed by atoms with Gasteiger partial charge in [-0.15, -0.1) is 0 Å². The van der Waals surface area contributed by atoms with Crippen LogP contribution in [0, 0.1) is 22.7 Å². The Kier molecular flexibility index (Phi) is 10.1. The van der Waals surface area contributed by atoms with Crippen molar-refractivity contribution in [2.24, 2.45) is 0 Å². The molecule has 44 heavy (non-hydrogen) atoms. The predicted octanol–water partition coefficient (Wildman–Crippen LogP) is 3.57. The zero-order valence-electron chi connectivity index (χ0n) is 25.0. The van der Waals surface area contributed by atoms with Crippen molar-refractivity contribution in [3.8, 4) is 23.4 Å². The van der Waals surface area contributed by atoms with Crippen LogP contribution in [0.4, 0.5) is 16.3 Å². The molecule has 0 aliphatic heterocycles. The number of aryl methyl sites for hydroxylation is 1. The van der Waals surface area contributed by atoms with Gasteiger partial charge in [-0.1, -0.05) is 6.92 Å². The second-order valence-electron chi connectivity index (χ2n) is 10.6. The Morgan fingerprint density at radius 3 is 2.57 bits per heavy atom. The fourth-order valence-corrected chi connectivity index (χ4v) is 4.35. The van der Waals surface area contributed by atoms with Gasteiger partial charge in [-0.05, 0) is 51.0 Å². The van der Waals surface area contributed by atoms with Gasteiger partial charge in [-0.2, -0.15) is 15.6 Å². The topological polar surface area (TPSA) is 184 Å². The number of ether oxygens (including phenoxy) is 2. The van der Waals surface area contributed by atoms with E-state index in [0.29, 0.717) is 61.0 Å². The second-order valence-corrected chi connectivity index (χ2v) is 10.6. The maximum Gasteiger partial charge on any atom is 0.407 e. The first-order valence-corrected chi connectivity index (χ1v) is 14.0. The third-order valence-corrected chi connectivity index (χ3v) is 6.24. The van der Waals surface area contributed by atoms with Gasteiger partial charge in [0.25, 0.3) is 5.91 Å². The van der Waals surface area contributed by atoms with Crippen LogP contribution >= 0.6 is 0 Å². The summed E-state index contributed by atoms with van der Waals surface area (Å²) in [6.45, 7) is 8.56. The summed E-state index contributed by atoms with van der Waals surface area (Å²) in [7, 11) is 0. The van der Waals surface area contributed by atoms with Gasteiger partial charge < -0.3 is 25.4 Å². The highest BCUT2D eigenvalue weighted by Gasteiger charge is 2.18. The summed E-state index contributed by atoms with van der Waals surface area (Å²) in [6, 6.07) is 9.53. The molecular weight excluding hydrogens is 564 g/mol. The molecule has 0 aliphatic rings. The number of rotatable bonds is 12. The van der Waals surface area contributed by atoms with Crippen molar-refractivity contribution in [2.45, 2.75) is 46.3 Å². The van der Waals surface area contributed by atoms with Crippen molar-refractivity contribution >= 4 is 29.2 Å². The SMILES string of the molecule is CCc1cc(Nc2nccn3c(-c4cn(CC#N)nc4C#N)cnc23)ccc1C(=O)NCCOCCNC(=O)OC(C)(C)C. The third-order valence-electron chi connectivity index (χ3n) is 6.24. The lowest BCUT2D eigenvalue weighted by atomic mass is 10.0. The number of hydrogen-bond donors (Lipinski definition) is 3. The molecule has 1 aromatic carbocycles. The molecule has 4 aromatic rings. The molecule has 0 bridgehead atoms. The van der Waals surface area contributed by atoms with Crippen molar-refractivity contribution in [2.75, 3.05) is 31.6 Å². The number of fused-ring (bicyclic) bond motifs is 1. The Labute approximate surface area is 254 Å². The number of aromatic nitrogens is 5. The molecule has 0 spiro atoms. The van der Waals surface area contributed by atoms with Crippen molar-refractivity contribution < 1.29 is 19.1 Å². The molecule has 0 saturated heterocycles. The van der Waals surface area contributed by atoms with E-state index in [2.05, 4.69) is 37.1 Å². The first-order chi connectivity index (χ1) is 21.1. The van der Waals surface area contributed by atoms with Crippen molar-refractivity contribution in [1.82, 2.24) is 34.8 Å². The van der Waals surface area contributed by atoms with Crippen LogP contribution in [0.1, 0.15) is 49.3 Å². The molecule has 0 saturated carbocycles. The summed E-state index contributed by atoms with van der Waals surface area (Å²) in [6.07, 6.45) is 6.74. The van der Waals surface area contributed by atoms with Crippen LogP contribution < -0.4 is 16.0 Å². The number of nitrogens with zero attached hydrogens (tertiary/aromatic N) is 7. The molecule has 0 aliphatic carbocycles. The predicted molar refractivity (Wildman–Crippen MR) is 161 cm³/mol. The summed E-state index contributed by atoms with van der Waals surface area (Å²) in [5, 5.41) is 31.5. The van der Waals surface area contributed by atoms with Crippen molar-refractivity contribution in [3.05, 3.63) is 59.8 Å². The van der Waals surface area contributed by atoms with Crippen molar-refractivity contribution in [1.29, 1.82) is 10.5 Å². The molecule has 4 rings (SSSR count). The number of benzene rings is 1. The van der Waals surface area contributed by atoms with E-state index in [1.807, 2.05) is 19.1 Å². The number of anilines is 2. The van der Waals surface area contributed by atoms with E-state index in [-0.39, 0.29) is 18.1 Å². The lowest BCUT2D eigenvalue weighted by Gasteiger charge is -2.19. The van der Waals surface area contributed by atoms with Crippen LogP contribution in [0.3, 0.4) is 0 Å². The van der Waals surface area contributed by atoms with E-state index in [1.54, 1.807) is 62.1 Å². The Hall–Kier alpha value is -5.47. The Morgan fingerprint density at radius 1 is 1.09 bits per heavy atom. The lowest BCUT2D eigenvalue weighted by molar-refractivity contribution is 0.0500. The Morgan fingerprint density at radius 2 is 1.86 bits per heavy atom. The van der Waals surface area contributed by atoms with E-state index in [1.165, 1.54) is 4.68 Å². The summed E-state index contributed by atoms with van der Waals surface area (Å²) in [5.74, 6) is 0.270. The van der Waals surface area contributed by atoms with Gasteiger partial charge in [-0.25, -0.2) is 14.8 Å². The van der Waals surface area contributed by atoms with Crippen LogP contribution in [-0.4, -0.2) is 68.1 Å². The van der Waals surface area contributed by atoms with Crippen LogP contribution in [0.2, 0.25) is 0 Å². The number of carbonyl (C=O) groups excluding carboxylic acids is 2. The van der Waals surface area contributed by atoms with Crippen LogP contribution in [0.15, 0.2) is 43.0 Å². The molecule has 0 atom stereocenters. The molecule has 228 valence electrons. The standard InChI is InChI=1S/C30H34N10O4/c1-5-20-16-21(6-7-22(20)28(41)34-10-14-43-15-11-35-29(42)44-30(2,3)4)37-26-27-36-18-25(40(27)13-9-33-26)23-19-39(12-8-31)38-24(23)17-32/h6-7,9,13,16,18-19H,5,10-12,14-15H2,1-4H3,(H,33,37)(H,34,41)(H,35,42). The number of alkyl carbamates (subject to hydrolysis) is 1. The number of hydrogen-bond acceptors (Lipinski definition) is 10. The molecule has 2 amide bonds. The third kappa shape index (κ3) is 7.87.